The van der Waals surface area contributed by atoms with Gasteiger partial charge in [-0.15, -0.1) is 0 Å². The second kappa shape index (κ2) is 7.37. The Morgan fingerprint density at radius 3 is 2.85 bits per heavy atom. The van der Waals surface area contributed by atoms with Crippen LogP contribution in [0.4, 0.5) is 0 Å². The molecule has 2 heterocycles. The van der Waals surface area contributed by atoms with E-state index in [1.165, 1.54) is 0 Å². The molecule has 150 valence electrons. The third-order valence-electron chi connectivity index (χ3n) is 6.06. The fourth-order valence-corrected chi connectivity index (χ4v) is 3.85. The summed E-state index contributed by atoms with van der Waals surface area (Å²) in [5.74, 6) is -1.78. The van der Waals surface area contributed by atoms with Crippen molar-refractivity contribution in [3.8, 4) is 0 Å². The van der Waals surface area contributed by atoms with E-state index in [-0.39, 0.29) is 36.6 Å². The van der Waals surface area contributed by atoms with E-state index in [0.717, 1.165) is 0 Å². The Hall–Kier alpha value is -1.70. The topological polar surface area (TPSA) is 106 Å². The van der Waals surface area contributed by atoms with E-state index >= 15 is 0 Å². The van der Waals surface area contributed by atoms with Crippen LogP contribution in [0.3, 0.4) is 0 Å². The molecule has 0 spiro atoms. The first kappa shape index (κ1) is 20.0. The second-order valence-electron chi connectivity index (χ2n) is 7.90. The molecule has 0 aromatic rings. The molecule has 7 heteroatoms. The van der Waals surface area contributed by atoms with Crippen molar-refractivity contribution in [2.24, 2.45) is 11.8 Å². The van der Waals surface area contributed by atoms with Crippen molar-refractivity contribution in [1.82, 2.24) is 0 Å². The molecule has 7 atom stereocenters. The molecule has 0 aromatic heterocycles. The van der Waals surface area contributed by atoms with Crippen molar-refractivity contribution < 1.29 is 34.0 Å². The summed E-state index contributed by atoms with van der Waals surface area (Å²) in [5, 5.41) is 20.3. The monoisotopic (exact) mass is 380 g/mol. The van der Waals surface area contributed by atoms with Crippen molar-refractivity contribution in [1.29, 1.82) is 0 Å². The Bertz CT molecular complexity index is 669. The lowest BCUT2D eigenvalue weighted by Gasteiger charge is -2.30. The minimum atomic E-state index is -0.893. The van der Waals surface area contributed by atoms with Gasteiger partial charge in [0, 0.05) is 18.4 Å². The highest BCUT2D eigenvalue weighted by Crippen LogP contribution is 2.48. The maximum absolute atomic E-state index is 12.5. The number of rotatable bonds is 4. The fourth-order valence-electron chi connectivity index (χ4n) is 3.85. The van der Waals surface area contributed by atoms with Crippen molar-refractivity contribution in [3.63, 3.8) is 0 Å². The van der Waals surface area contributed by atoms with Gasteiger partial charge in [0.1, 0.15) is 17.8 Å². The molecule has 0 unspecified atom stereocenters. The van der Waals surface area contributed by atoms with Gasteiger partial charge in [0.05, 0.1) is 30.7 Å². The Balaban J connectivity index is 1.97. The van der Waals surface area contributed by atoms with Gasteiger partial charge < -0.3 is 24.4 Å². The van der Waals surface area contributed by atoms with Crippen LogP contribution in [0.2, 0.25) is 0 Å². The summed E-state index contributed by atoms with van der Waals surface area (Å²) in [6, 6.07) is 0. The number of hydrogen-bond donors (Lipinski definition) is 2. The van der Waals surface area contributed by atoms with Crippen LogP contribution in [0.1, 0.15) is 40.0 Å². The summed E-state index contributed by atoms with van der Waals surface area (Å²) in [7, 11) is 0. The quantitative estimate of drug-likeness (QED) is 0.327. The number of hydrogen-bond acceptors (Lipinski definition) is 7. The first-order valence-corrected chi connectivity index (χ1v) is 9.47. The second-order valence-corrected chi connectivity index (χ2v) is 7.90. The number of epoxide rings is 1. The fraction of sp³-hybridized carbons (Fsp3) is 0.700. The Kier molecular flexibility index (Phi) is 5.47. The number of fused-ring (bicyclic) bond motifs is 2. The van der Waals surface area contributed by atoms with Crippen LogP contribution in [0.5, 0.6) is 0 Å². The highest BCUT2D eigenvalue weighted by atomic mass is 16.6. The molecule has 2 fully saturated rings. The van der Waals surface area contributed by atoms with Crippen LogP contribution in [0.15, 0.2) is 23.8 Å². The molecule has 7 nitrogen and oxygen atoms in total. The number of aliphatic hydroxyl groups is 2. The van der Waals surface area contributed by atoms with Crippen LogP contribution in [0.25, 0.3) is 0 Å². The van der Waals surface area contributed by atoms with E-state index in [1.54, 1.807) is 19.9 Å². The zero-order valence-electron chi connectivity index (χ0n) is 16.0. The molecule has 0 saturated carbocycles. The standard InChI is InChI=1S/C20H28O7/c1-5-10(2)18(23)26-15-8-20(9-21)16(27-20)7-13(22)11(3)6-14-17(15)12(4)19(24)25-14/h6,10,13-17,21-22H,4-5,7-9H2,1-3H3/b11-6-/t10-,13-,14+,15+,16+,17-,20-/m0/s1. The van der Waals surface area contributed by atoms with Gasteiger partial charge in [-0.3, -0.25) is 4.79 Å². The summed E-state index contributed by atoms with van der Waals surface area (Å²) in [5.41, 5.74) is -0.0229. The average molecular weight is 380 g/mol. The lowest BCUT2D eigenvalue weighted by atomic mass is 9.81. The maximum Gasteiger partial charge on any atom is 0.334 e. The number of carbonyl (C=O) groups excluding carboxylic acids is 2. The largest absolute Gasteiger partial charge is 0.461 e. The highest BCUT2D eigenvalue weighted by Gasteiger charge is 2.60. The molecule has 0 aromatic carbocycles. The minimum Gasteiger partial charge on any atom is -0.461 e. The molecule has 0 radical (unpaired) electrons. The molecule has 2 saturated heterocycles. The van der Waals surface area contributed by atoms with Crippen LogP contribution in [-0.2, 0) is 23.8 Å². The van der Waals surface area contributed by atoms with Gasteiger partial charge in [0.25, 0.3) is 0 Å². The van der Waals surface area contributed by atoms with E-state index in [9.17, 15) is 19.8 Å². The van der Waals surface area contributed by atoms with Gasteiger partial charge in [-0.2, -0.15) is 0 Å². The number of esters is 2. The third-order valence-corrected chi connectivity index (χ3v) is 6.06. The van der Waals surface area contributed by atoms with Crippen LogP contribution < -0.4 is 0 Å². The van der Waals surface area contributed by atoms with Gasteiger partial charge in [-0.25, -0.2) is 4.79 Å². The average Bonchev–Trinajstić information content (AvgIpc) is 3.23. The van der Waals surface area contributed by atoms with E-state index in [2.05, 4.69) is 6.58 Å². The van der Waals surface area contributed by atoms with Gasteiger partial charge in [-0.1, -0.05) is 20.4 Å². The summed E-state index contributed by atoms with van der Waals surface area (Å²) in [6.07, 6.45) is 0.361. The molecule has 27 heavy (non-hydrogen) atoms. The first-order chi connectivity index (χ1) is 12.7. The summed E-state index contributed by atoms with van der Waals surface area (Å²) in [4.78, 5) is 24.6. The molecule has 1 aliphatic carbocycles. The third kappa shape index (κ3) is 3.68. The van der Waals surface area contributed by atoms with E-state index < -0.39 is 35.8 Å². The van der Waals surface area contributed by atoms with Crippen molar-refractivity contribution in [2.75, 3.05) is 6.61 Å². The zero-order chi connectivity index (χ0) is 19.9. The van der Waals surface area contributed by atoms with Crippen LogP contribution >= 0.6 is 0 Å². The molecular formula is C20H28O7. The number of ether oxygens (including phenoxy) is 3. The zero-order valence-corrected chi connectivity index (χ0v) is 16.0. The van der Waals surface area contributed by atoms with Crippen molar-refractivity contribution >= 4 is 11.9 Å². The van der Waals surface area contributed by atoms with E-state index in [1.807, 2.05) is 6.92 Å². The normalized spacial score (nSPS) is 41.5. The lowest BCUT2D eigenvalue weighted by molar-refractivity contribution is -0.158. The van der Waals surface area contributed by atoms with E-state index in [4.69, 9.17) is 14.2 Å². The molecule has 3 rings (SSSR count). The Morgan fingerprint density at radius 2 is 2.22 bits per heavy atom. The SMILES string of the molecule is C=C1C(=O)O[C@@H]2/C=C(/C)[C@@H](O)C[C@H]3O[C@]3(CO)C[C@@H](OC(=O)[C@@H](C)CC)[C@@H]12. The van der Waals surface area contributed by atoms with Gasteiger partial charge in [-0.05, 0) is 25.0 Å². The summed E-state index contributed by atoms with van der Waals surface area (Å²) in [6.45, 7) is 9.01. The van der Waals surface area contributed by atoms with Crippen molar-refractivity contribution in [2.45, 2.75) is 70.1 Å². The Morgan fingerprint density at radius 1 is 1.52 bits per heavy atom. The first-order valence-electron chi connectivity index (χ1n) is 9.47. The molecular weight excluding hydrogens is 352 g/mol. The molecule has 0 bridgehead atoms. The molecule has 2 N–H and O–H groups in total. The van der Waals surface area contributed by atoms with Crippen LogP contribution in [-0.4, -0.2) is 58.8 Å². The van der Waals surface area contributed by atoms with Gasteiger partial charge in [0.15, 0.2) is 0 Å². The van der Waals surface area contributed by atoms with Crippen LogP contribution in [0, 0.1) is 11.8 Å². The summed E-state index contributed by atoms with van der Waals surface area (Å²) < 4.78 is 16.9. The smallest absolute Gasteiger partial charge is 0.334 e. The maximum atomic E-state index is 12.5. The molecule has 2 aliphatic heterocycles. The van der Waals surface area contributed by atoms with Crippen molar-refractivity contribution in [3.05, 3.63) is 23.8 Å². The molecule has 3 aliphatic rings. The van der Waals surface area contributed by atoms with Gasteiger partial charge in [0.2, 0.25) is 0 Å². The Labute approximate surface area is 159 Å². The number of aliphatic hydroxyl groups excluding tert-OH is 2. The summed E-state index contributed by atoms with van der Waals surface area (Å²) >= 11 is 0. The minimum absolute atomic E-state index is 0.215. The predicted octanol–water partition coefficient (Wildman–Crippen LogP) is 1.27. The predicted molar refractivity (Wildman–Crippen MR) is 95.5 cm³/mol. The lowest BCUT2D eigenvalue weighted by Crippen LogP contribution is -2.40. The van der Waals surface area contributed by atoms with E-state index in [0.29, 0.717) is 18.4 Å². The molecule has 0 amide bonds. The van der Waals surface area contributed by atoms with Gasteiger partial charge >= 0.3 is 11.9 Å². The number of carbonyl (C=O) groups is 2. The highest BCUT2D eigenvalue weighted by molar-refractivity contribution is 5.91.